The molecule has 3 heteroatoms. The van der Waals surface area contributed by atoms with E-state index < -0.39 is 0 Å². The molecule has 18 heavy (non-hydrogen) atoms. The molecule has 0 bridgehead atoms. The molecule has 3 rings (SSSR count). The third-order valence-corrected chi connectivity index (χ3v) is 4.39. The first-order valence-electron chi connectivity index (χ1n) is 7.22. The van der Waals surface area contributed by atoms with E-state index in [1.54, 1.807) is 0 Å². The average Bonchev–Trinajstić information content (AvgIpc) is 2.94. The summed E-state index contributed by atoms with van der Waals surface area (Å²) >= 11 is 0. The van der Waals surface area contributed by atoms with E-state index in [1.807, 2.05) is 0 Å². The molecule has 3 nitrogen and oxygen atoms in total. The second kappa shape index (κ2) is 5.27. The Kier molecular flexibility index (Phi) is 3.50. The summed E-state index contributed by atoms with van der Waals surface area (Å²) in [5.41, 5.74) is 1.44. The Bertz CT molecular complexity index is 373. The van der Waals surface area contributed by atoms with Crippen LogP contribution in [0.2, 0.25) is 0 Å². The van der Waals surface area contributed by atoms with Crippen LogP contribution in [0.5, 0.6) is 0 Å². The van der Waals surface area contributed by atoms with Crippen LogP contribution in [0.25, 0.3) is 0 Å². The average molecular weight is 245 g/mol. The quantitative estimate of drug-likeness (QED) is 0.798. The Balaban J connectivity index is 1.67. The second-order valence-corrected chi connectivity index (χ2v) is 5.72. The van der Waals surface area contributed by atoms with Crippen molar-refractivity contribution in [3.05, 3.63) is 23.9 Å². The van der Waals surface area contributed by atoms with Gasteiger partial charge in [0.15, 0.2) is 0 Å². The molecule has 1 aromatic rings. The van der Waals surface area contributed by atoms with Gasteiger partial charge in [-0.1, -0.05) is 6.07 Å². The van der Waals surface area contributed by atoms with Crippen molar-refractivity contribution in [2.45, 2.75) is 31.6 Å². The molecule has 2 fully saturated rings. The molecule has 0 saturated carbocycles. The number of piperidine rings is 1. The molecule has 0 amide bonds. The molecule has 98 valence electrons. The molecule has 0 N–H and O–H groups in total. The molecule has 2 aliphatic rings. The van der Waals surface area contributed by atoms with Gasteiger partial charge >= 0.3 is 0 Å². The highest BCUT2D eigenvalue weighted by molar-refractivity contribution is 5.40. The zero-order valence-electron chi connectivity index (χ0n) is 11.3. The first-order chi connectivity index (χ1) is 8.83. The van der Waals surface area contributed by atoms with Gasteiger partial charge < -0.3 is 9.80 Å². The number of likely N-dealkylation sites (tertiary alicyclic amines) is 1. The Morgan fingerprint density at radius 3 is 2.39 bits per heavy atom. The van der Waals surface area contributed by atoms with Crippen molar-refractivity contribution in [2.24, 2.45) is 0 Å². The SMILES string of the molecule is CN1CCC(c2ccc(N3CCCC3)nc2)CC1. The molecule has 2 aliphatic heterocycles. The Morgan fingerprint density at radius 1 is 1.06 bits per heavy atom. The number of anilines is 1. The number of rotatable bonds is 2. The van der Waals surface area contributed by atoms with Crippen LogP contribution < -0.4 is 4.90 Å². The fraction of sp³-hybridized carbons (Fsp3) is 0.667. The van der Waals surface area contributed by atoms with Crippen molar-refractivity contribution < 1.29 is 0 Å². The van der Waals surface area contributed by atoms with Gasteiger partial charge in [0.25, 0.3) is 0 Å². The summed E-state index contributed by atoms with van der Waals surface area (Å²) in [6.07, 6.45) is 7.31. The highest BCUT2D eigenvalue weighted by atomic mass is 15.2. The standard InChI is InChI=1S/C15H23N3/c1-17-10-6-13(7-11-17)14-4-5-15(16-12-14)18-8-2-3-9-18/h4-5,12-13H,2-3,6-11H2,1H3. The van der Waals surface area contributed by atoms with Gasteiger partial charge in [-0.25, -0.2) is 4.98 Å². The van der Waals surface area contributed by atoms with Gasteiger partial charge in [0.05, 0.1) is 0 Å². The Morgan fingerprint density at radius 2 is 1.78 bits per heavy atom. The number of hydrogen-bond donors (Lipinski definition) is 0. The van der Waals surface area contributed by atoms with Crippen LogP contribution in [0, 0.1) is 0 Å². The van der Waals surface area contributed by atoms with Crippen molar-refractivity contribution in [3.63, 3.8) is 0 Å². The molecular weight excluding hydrogens is 222 g/mol. The maximum atomic E-state index is 4.67. The van der Waals surface area contributed by atoms with Crippen molar-refractivity contribution in [3.8, 4) is 0 Å². The van der Waals surface area contributed by atoms with E-state index in [4.69, 9.17) is 0 Å². The molecular formula is C15H23N3. The lowest BCUT2D eigenvalue weighted by Gasteiger charge is -2.29. The van der Waals surface area contributed by atoms with Gasteiger partial charge in [-0.05, 0) is 63.4 Å². The molecule has 0 spiro atoms. The number of aromatic nitrogens is 1. The van der Waals surface area contributed by atoms with Gasteiger partial charge in [-0.3, -0.25) is 0 Å². The lowest BCUT2D eigenvalue weighted by atomic mass is 9.91. The van der Waals surface area contributed by atoms with Crippen LogP contribution in [-0.2, 0) is 0 Å². The van der Waals surface area contributed by atoms with E-state index in [0.717, 1.165) is 5.92 Å². The molecule has 3 heterocycles. The van der Waals surface area contributed by atoms with Crippen molar-refractivity contribution >= 4 is 5.82 Å². The van der Waals surface area contributed by atoms with Gasteiger partial charge in [0.1, 0.15) is 5.82 Å². The summed E-state index contributed by atoms with van der Waals surface area (Å²) < 4.78 is 0. The fourth-order valence-electron chi connectivity index (χ4n) is 3.11. The minimum Gasteiger partial charge on any atom is -0.357 e. The molecule has 0 unspecified atom stereocenters. The lowest BCUT2D eigenvalue weighted by Crippen LogP contribution is -2.29. The summed E-state index contributed by atoms with van der Waals surface area (Å²) in [6.45, 7) is 4.80. The van der Waals surface area contributed by atoms with Gasteiger partial charge in [0, 0.05) is 19.3 Å². The molecule has 2 saturated heterocycles. The Labute approximate surface area is 110 Å². The topological polar surface area (TPSA) is 19.4 Å². The predicted octanol–water partition coefficient (Wildman–Crippen LogP) is 2.49. The number of nitrogens with zero attached hydrogens (tertiary/aromatic N) is 3. The minimum atomic E-state index is 0.723. The summed E-state index contributed by atoms with van der Waals surface area (Å²) in [6, 6.07) is 4.52. The van der Waals surface area contributed by atoms with Crippen LogP contribution in [0.15, 0.2) is 18.3 Å². The van der Waals surface area contributed by atoms with Crippen LogP contribution in [-0.4, -0.2) is 43.1 Å². The highest BCUT2D eigenvalue weighted by Crippen LogP contribution is 2.28. The van der Waals surface area contributed by atoms with Gasteiger partial charge in [-0.15, -0.1) is 0 Å². The monoisotopic (exact) mass is 245 g/mol. The minimum absolute atomic E-state index is 0.723. The molecule has 0 aromatic carbocycles. The first-order valence-corrected chi connectivity index (χ1v) is 7.22. The fourth-order valence-corrected chi connectivity index (χ4v) is 3.11. The van der Waals surface area contributed by atoms with Crippen LogP contribution >= 0.6 is 0 Å². The van der Waals surface area contributed by atoms with Crippen LogP contribution in [0.3, 0.4) is 0 Å². The van der Waals surface area contributed by atoms with E-state index in [0.29, 0.717) is 0 Å². The summed E-state index contributed by atoms with van der Waals surface area (Å²) in [7, 11) is 2.21. The largest absolute Gasteiger partial charge is 0.357 e. The molecule has 0 aliphatic carbocycles. The normalized spacial score (nSPS) is 22.6. The summed E-state index contributed by atoms with van der Waals surface area (Å²) in [4.78, 5) is 9.49. The zero-order valence-corrected chi connectivity index (χ0v) is 11.3. The third-order valence-electron chi connectivity index (χ3n) is 4.39. The third kappa shape index (κ3) is 2.51. The first kappa shape index (κ1) is 12.0. The molecule has 0 atom stereocenters. The van der Waals surface area contributed by atoms with Crippen molar-refractivity contribution in [1.82, 2.24) is 9.88 Å². The van der Waals surface area contributed by atoms with Crippen molar-refractivity contribution in [1.29, 1.82) is 0 Å². The second-order valence-electron chi connectivity index (χ2n) is 5.72. The van der Waals surface area contributed by atoms with E-state index in [2.05, 4.69) is 40.2 Å². The molecule has 1 aromatic heterocycles. The lowest BCUT2D eigenvalue weighted by molar-refractivity contribution is 0.255. The van der Waals surface area contributed by atoms with Crippen LogP contribution in [0.4, 0.5) is 5.82 Å². The van der Waals surface area contributed by atoms with Gasteiger partial charge in [0.2, 0.25) is 0 Å². The van der Waals surface area contributed by atoms with E-state index >= 15 is 0 Å². The zero-order chi connectivity index (χ0) is 12.4. The van der Waals surface area contributed by atoms with E-state index in [1.165, 1.54) is 63.2 Å². The van der Waals surface area contributed by atoms with Crippen LogP contribution in [0.1, 0.15) is 37.2 Å². The van der Waals surface area contributed by atoms with Gasteiger partial charge in [-0.2, -0.15) is 0 Å². The highest BCUT2D eigenvalue weighted by Gasteiger charge is 2.19. The smallest absolute Gasteiger partial charge is 0.128 e. The van der Waals surface area contributed by atoms with E-state index in [9.17, 15) is 0 Å². The Hall–Kier alpha value is -1.09. The maximum Gasteiger partial charge on any atom is 0.128 e. The number of pyridine rings is 1. The summed E-state index contributed by atoms with van der Waals surface area (Å²) in [5, 5.41) is 0. The summed E-state index contributed by atoms with van der Waals surface area (Å²) in [5.74, 6) is 1.89. The predicted molar refractivity (Wildman–Crippen MR) is 75.2 cm³/mol. The van der Waals surface area contributed by atoms with Crippen molar-refractivity contribution in [2.75, 3.05) is 38.1 Å². The number of hydrogen-bond acceptors (Lipinski definition) is 3. The van der Waals surface area contributed by atoms with E-state index in [-0.39, 0.29) is 0 Å². The molecule has 0 radical (unpaired) electrons. The maximum absolute atomic E-state index is 4.67.